The lowest BCUT2D eigenvalue weighted by molar-refractivity contribution is -0.147. The van der Waals surface area contributed by atoms with Crippen molar-refractivity contribution in [2.45, 2.75) is 40.0 Å². The van der Waals surface area contributed by atoms with Gasteiger partial charge in [-0.3, -0.25) is 14.4 Å². The average molecular weight is 475 g/mol. The van der Waals surface area contributed by atoms with Crippen molar-refractivity contribution in [3.05, 3.63) is 83.4 Å². The van der Waals surface area contributed by atoms with Gasteiger partial charge in [0.05, 0.1) is 0 Å². The van der Waals surface area contributed by atoms with Crippen LogP contribution < -0.4 is 15.4 Å². The third kappa shape index (κ3) is 8.62. The highest BCUT2D eigenvalue weighted by molar-refractivity contribution is 5.93. The molecule has 0 aliphatic rings. The number of benzene rings is 3. The molecule has 3 rings (SSSR count). The van der Waals surface area contributed by atoms with Crippen molar-refractivity contribution in [1.29, 1.82) is 0 Å². The molecule has 0 aliphatic carbocycles. The number of carbonyl (C=O) groups is 3. The Labute approximate surface area is 205 Å². The molecule has 0 aliphatic heterocycles. The van der Waals surface area contributed by atoms with Gasteiger partial charge in [0.1, 0.15) is 11.5 Å². The fourth-order valence-corrected chi connectivity index (χ4v) is 3.40. The molecule has 2 amide bonds. The third-order valence-corrected chi connectivity index (χ3v) is 5.17. The molecule has 0 saturated carbocycles. The second-order valence-corrected chi connectivity index (χ2v) is 8.37. The van der Waals surface area contributed by atoms with Gasteiger partial charge < -0.3 is 20.1 Å². The van der Waals surface area contributed by atoms with Crippen LogP contribution in [0.25, 0.3) is 0 Å². The van der Waals surface area contributed by atoms with Crippen molar-refractivity contribution in [3.63, 3.8) is 0 Å². The van der Waals surface area contributed by atoms with E-state index in [1.165, 1.54) is 0 Å². The fourth-order valence-electron chi connectivity index (χ4n) is 3.40. The van der Waals surface area contributed by atoms with E-state index in [0.29, 0.717) is 23.5 Å². The number of esters is 1. The van der Waals surface area contributed by atoms with Gasteiger partial charge in [0.15, 0.2) is 6.61 Å². The number of aryl methyl sites for hydroxylation is 3. The van der Waals surface area contributed by atoms with Crippen molar-refractivity contribution >= 4 is 29.2 Å². The molecular formula is C28H30N2O5. The molecule has 0 spiro atoms. The number of carbonyl (C=O) groups excluding carboxylic acids is 3. The molecule has 0 unspecified atom stereocenters. The predicted octanol–water partition coefficient (Wildman–Crippen LogP) is 5.69. The summed E-state index contributed by atoms with van der Waals surface area (Å²) in [5.41, 5.74) is 4.46. The van der Waals surface area contributed by atoms with Crippen molar-refractivity contribution < 1.29 is 23.9 Å². The van der Waals surface area contributed by atoms with Crippen LogP contribution in [0.4, 0.5) is 11.4 Å². The topological polar surface area (TPSA) is 93.7 Å². The van der Waals surface area contributed by atoms with Crippen LogP contribution in [0.1, 0.15) is 36.0 Å². The fraction of sp³-hybridized carbons (Fsp3) is 0.250. The zero-order chi connectivity index (χ0) is 25.2. The maximum absolute atomic E-state index is 12.2. The van der Waals surface area contributed by atoms with Gasteiger partial charge >= 0.3 is 5.97 Å². The zero-order valence-electron chi connectivity index (χ0n) is 20.2. The quantitative estimate of drug-likeness (QED) is 0.368. The normalized spacial score (nSPS) is 10.4. The molecule has 0 aromatic heterocycles. The van der Waals surface area contributed by atoms with Gasteiger partial charge in [0.25, 0.3) is 5.91 Å². The molecule has 3 aromatic carbocycles. The Hall–Kier alpha value is -4.13. The van der Waals surface area contributed by atoms with Gasteiger partial charge in [-0.25, -0.2) is 0 Å². The first-order valence-electron chi connectivity index (χ1n) is 11.5. The van der Waals surface area contributed by atoms with Gasteiger partial charge in [-0.15, -0.1) is 0 Å². The van der Waals surface area contributed by atoms with Crippen LogP contribution in [0.2, 0.25) is 0 Å². The van der Waals surface area contributed by atoms with E-state index < -0.39 is 11.9 Å². The first kappa shape index (κ1) is 25.5. The maximum atomic E-state index is 12.2. The number of rotatable bonds is 10. The molecule has 0 saturated heterocycles. The van der Waals surface area contributed by atoms with E-state index in [-0.39, 0.29) is 25.4 Å². The average Bonchev–Trinajstić information content (AvgIpc) is 2.81. The van der Waals surface area contributed by atoms with E-state index in [2.05, 4.69) is 10.6 Å². The van der Waals surface area contributed by atoms with Crippen LogP contribution in [0, 0.1) is 20.8 Å². The Balaban J connectivity index is 1.33. The van der Waals surface area contributed by atoms with Crippen molar-refractivity contribution in [3.8, 4) is 11.5 Å². The molecular weight excluding hydrogens is 444 g/mol. The minimum Gasteiger partial charge on any atom is -0.457 e. The summed E-state index contributed by atoms with van der Waals surface area (Å²) in [6, 6.07) is 20.5. The van der Waals surface area contributed by atoms with E-state index in [0.717, 1.165) is 22.4 Å². The summed E-state index contributed by atoms with van der Waals surface area (Å²) >= 11 is 0. The minimum absolute atomic E-state index is 0.0491. The largest absolute Gasteiger partial charge is 0.457 e. The minimum atomic E-state index is -0.522. The molecule has 0 atom stereocenters. The highest BCUT2D eigenvalue weighted by Crippen LogP contribution is 2.24. The molecule has 0 radical (unpaired) electrons. The predicted molar refractivity (Wildman–Crippen MR) is 136 cm³/mol. The number of hydrogen-bond donors (Lipinski definition) is 2. The van der Waals surface area contributed by atoms with Gasteiger partial charge in [-0.1, -0.05) is 29.8 Å². The third-order valence-electron chi connectivity index (χ3n) is 5.17. The van der Waals surface area contributed by atoms with Gasteiger partial charge in [-0.2, -0.15) is 0 Å². The zero-order valence-corrected chi connectivity index (χ0v) is 20.2. The summed E-state index contributed by atoms with van der Waals surface area (Å²) in [6.45, 7) is 5.50. The smallest absolute Gasteiger partial charge is 0.306 e. The van der Waals surface area contributed by atoms with Crippen LogP contribution in [0.15, 0.2) is 66.7 Å². The van der Waals surface area contributed by atoms with Crippen molar-refractivity contribution in [2.75, 3.05) is 17.2 Å². The molecule has 7 nitrogen and oxygen atoms in total. The van der Waals surface area contributed by atoms with Crippen molar-refractivity contribution in [1.82, 2.24) is 0 Å². The Morgan fingerprint density at radius 2 is 1.49 bits per heavy atom. The van der Waals surface area contributed by atoms with Crippen LogP contribution in [0.3, 0.4) is 0 Å². The molecule has 2 N–H and O–H groups in total. The van der Waals surface area contributed by atoms with Gasteiger partial charge in [0.2, 0.25) is 5.91 Å². The standard InChI is InChI=1S/C28H30N2O5/c1-19-6-4-7-24(17-19)35-23-13-11-22(12-14-23)29-26(31)8-5-9-28(33)34-18-27(32)30-25-15-10-20(2)16-21(25)3/h4,6-7,10-17H,5,8-9,18H2,1-3H3,(H,29,31)(H,30,32). The summed E-state index contributed by atoms with van der Waals surface area (Å²) in [4.78, 5) is 36.1. The first-order chi connectivity index (χ1) is 16.8. The Bertz CT molecular complexity index is 1190. The maximum Gasteiger partial charge on any atom is 0.306 e. The van der Waals surface area contributed by atoms with E-state index in [4.69, 9.17) is 9.47 Å². The van der Waals surface area contributed by atoms with Crippen LogP contribution >= 0.6 is 0 Å². The van der Waals surface area contributed by atoms with Gasteiger partial charge in [-0.05, 0) is 80.8 Å². The summed E-state index contributed by atoms with van der Waals surface area (Å²) in [6.07, 6.45) is 0.525. The number of amides is 2. The number of nitrogens with one attached hydrogen (secondary N) is 2. The lowest BCUT2D eigenvalue weighted by Crippen LogP contribution is -2.21. The Morgan fingerprint density at radius 3 is 2.20 bits per heavy atom. The molecule has 7 heteroatoms. The van der Waals surface area contributed by atoms with E-state index in [9.17, 15) is 14.4 Å². The lowest BCUT2D eigenvalue weighted by atomic mass is 10.1. The van der Waals surface area contributed by atoms with E-state index in [1.54, 1.807) is 24.3 Å². The molecule has 0 bridgehead atoms. The van der Waals surface area contributed by atoms with E-state index in [1.807, 2.05) is 63.2 Å². The highest BCUT2D eigenvalue weighted by Gasteiger charge is 2.11. The molecule has 35 heavy (non-hydrogen) atoms. The second-order valence-electron chi connectivity index (χ2n) is 8.37. The van der Waals surface area contributed by atoms with Crippen molar-refractivity contribution in [2.24, 2.45) is 0 Å². The van der Waals surface area contributed by atoms with Gasteiger partial charge in [0, 0.05) is 24.2 Å². The SMILES string of the molecule is Cc1cccc(Oc2ccc(NC(=O)CCCC(=O)OCC(=O)Nc3ccc(C)cc3C)cc2)c1. The first-order valence-corrected chi connectivity index (χ1v) is 11.5. The van der Waals surface area contributed by atoms with Crippen LogP contribution in [0.5, 0.6) is 11.5 Å². The summed E-state index contributed by atoms with van der Waals surface area (Å²) in [7, 11) is 0. The monoisotopic (exact) mass is 474 g/mol. The van der Waals surface area contributed by atoms with Crippen LogP contribution in [-0.2, 0) is 19.1 Å². The molecule has 182 valence electrons. The number of anilines is 2. The summed E-state index contributed by atoms with van der Waals surface area (Å²) in [5.74, 6) is 0.274. The second kappa shape index (κ2) is 12.4. The lowest BCUT2D eigenvalue weighted by Gasteiger charge is -2.10. The molecule has 0 fully saturated rings. The van der Waals surface area contributed by atoms with Crippen LogP contribution in [-0.4, -0.2) is 24.4 Å². The summed E-state index contributed by atoms with van der Waals surface area (Å²) < 4.78 is 10.8. The Morgan fingerprint density at radius 1 is 0.743 bits per heavy atom. The van der Waals surface area contributed by atoms with E-state index >= 15 is 0 Å². The Kier molecular flexibility index (Phi) is 9.01. The highest BCUT2D eigenvalue weighted by atomic mass is 16.5. The summed E-state index contributed by atoms with van der Waals surface area (Å²) in [5, 5.41) is 5.52. The molecule has 0 heterocycles. The number of ether oxygens (including phenoxy) is 2. The molecule has 3 aromatic rings. The number of hydrogen-bond acceptors (Lipinski definition) is 5.